The van der Waals surface area contributed by atoms with Crippen LogP contribution in [0.1, 0.15) is 49.7 Å². The van der Waals surface area contributed by atoms with Crippen LogP contribution in [0.2, 0.25) is 0 Å². The monoisotopic (exact) mass is 387 g/mol. The molecule has 2 aliphatic carbocycles. The first-order valence-electron chi connectivity index (χ1n) is 8.99. The Morgan fingerprint density at radius 3 is 2.41 bits per heavy atom. The third kappa shape index (κ3) is 4.42. The van der Waals surface area contributed by atoms with Crippen molar-refractivity contribution in [3.63, 3.8) is 0 Å². The van der Waals surface area contributed by atoms with E-state index in [4.69, 9.17) is 5.11 Å². The Balaban J connectivity index is 1.67. The number of alkyl halides is 3. The number of hydrogen-bond donors (Lipinski definition) is 2. The van der Waals surface area contributed by atoms with Crippen LogP contribution in [0.15, 0.2) is 18.2 Å². The fourth-order valence-corrected chi connectivity index (χ4v) is 3.83. The van der Waals surface area contributed by atoms with E-state index in [0.29, 0.717) is 38.2 Å². The van der Waals surface area contributed by atoms with Crippen LogP contribution in [-0.2, 0) is 21.2 Å². The van der Waals surface area contributed by atoms with E-state index in [1.165, 1.54) is 0 Å². The van der Waals surface area contributed by atoms with Gasteiger partial charge in [0.25, 0.3) is 0 Å². The van der Waals surface area contributed by atoms with Crippen molar-refractivity contribution in [2.75, 3.05) is 6.54 Å². The number of aliphatic carboxylic acids is 1. The highest BCUT2D eigenvalue weighted by Gasteiger charge is 2.46. The number of halogens is 4. The van der Waals surface area contributed by atoms with Crippen molar-refractivity contribution in [2.24, 2.45) is 11.8 Å². The quantitative estimate of drug-likeness (QED) is 0.754. The summed E-state index contributed by atoms with van der Waals surface area (Å²) in [7, 11) is 0. The van der Waals surface area contributed by atoms with Gasteiger partial charge in [-0.3, -0.25) is 9.59 Å². The number of nitrogens with one attached hydrogen (secondary N) is 1. The van der Waals surface area contributed by atoms with Crippen LogP contribution in [0.25, 0.3) is 0 Å². The molecule has 0 radical (unpaired) electrons. The maximum absolute atomic E-state index is 13.7. The normalized spacial score (nSPS) is 24.3. The molecule has 0 heterocycles. The number of carbonyl (C=O) groups excluding carboxylic acids is 1. The zero-order valence-electron chi connectivity index (χ0n) is 14.6. The molecule has 0 spiro atoms. The molecule has 2 fully saturated rings. The molecule has 0 bridgehead atoms. The zero-order valence-corrected chi connectivity index (χ0v) is 14.6. The van der Waals surface area contributed by atoms with Gasteiger partial charge in [0.1, 0.15) is 5.82 Å². The van der Waals surface area contributed by atoms with Gasteiger partial charge in [0.05, 0.1) is 11.5 Å². The van der Waals surface area contributed by atoms with Gasteiger partial charge in [0.15, 0.2) is 0 Å². The highest BCUT2D eigenvalue weighted by Crippen LogP contribution is 2.49. The molecular formula is C19H21F4NO3. The molecule has 148 valence electrons. The lowest BCUT2D eigenvalue weighted by Gasteiger charge is -2.27. The maximum Gasteiger partial charge on any atom is 0.416 e. The van der Waals surface area contributed by atoms with Crippen molar-refractivity contribution in [1.29, 1.82) is 0 Å². The lowest BCUT2D eigenvalue weighted by Crippen LogP contribution is -2.39. The molecule has 1 aromatic carbocycles. The minimum absolute atomic E-state index is 0.126. The Labute approximate surface area is 153 Å². The van der Waals surface area contributed by atoms with E-state index in [1.54, 1.807) is 0 Å². The molecular weight excluding hydrogens is 366 g/mol. The number of carboxylic acid groups (broad SMARTS) is 1. The molecule has 2 saturated carbocycles. The van der Waals surface area contributed by atoms with Crippen LogP contribution in [0.5, 0.6) is 0 Å². The van der Waals surface area contributed by atoms with Crippen LogP contribution in [0.4, 0.5) is 17.6 Å². The van der Waals surface area contributed by atoms with Crippen LogP contribution < -0.4 is 5.32 Å². The first-order valence-corrected chi connectivity index (χ1v) is 8.99. The van der Waals surface area contributed by atoms with E-state index >= 15 is 0 Å². The van der Waals surface area contributed by atoms with Crippen molar-refractivity contribution >= 4 is 11.9 Å². The Morgan fingerprint density at radius 2 is 1.81 bits per heavy atom. The largest absolute Gasteiger partial charge is 0.481 e. The summed E-state index contributed by atoms with van der Waals surface area (Å²) in [6.45, 7) is 0.126. The van der Waals surface area contributed by atoms with E-state index in [-0.39, 0.29) is 24.4 Å². The molecule has 3 rings (SSSR count). The summed E-state index contributed by atoms with van der Waals surface area (Å²) in [5.74, 6) is -3.09. The molecule has 2 N–H and O–H groups in total. The summed E-state index contributed by atoms with van der Waals surface area (Å²) >= 11 is 0. The summed E-state index contributed by atoms with van der Waals surface area (Å²) in [5, 5.41) is 11.9. The van der Waals surface area contributed by atoms with Crippen molar-refractivity contribution < 1.29 is 32.3 Å². The van der Waals surface area contributed by atoms with Crippen molar-refractivity contribution in [3.05, 3.63) is 35.1 Å². The van der Waals surface area contributed by atoms with Gasteiger partial charge in [-0.15, -0.1) is 0 Å². The molecule has 8 heteroatoms. The highest BCUT2D eigenvalue weighted by atomic mass is 19.4. The summed E-state index contributed by atoms with van der Waals surface area (Å²) in [6, 6.07) is 2.50. The molecule has 0 saturated heterocycles. The molecule has 2 atom stereocenters. The lowest BCUT2D eigenvalue weighted by atomic mass is 9.81. The fraction of sp³-hybridized carbons (Fsp3) is 0.579. The molecule has 1 amide bonds. The van der Waals surface area contributed by atoms with Crippen LogP contribution in [-0.4, -0.2) is 23.5 Å². The number of benzene rings is 1. The molecule has 4 nitrogen and oxygen atoms in total. The smallest absolute Gasteiger partial charge is 0.416 e. The second-order valence-electron chi connectivity index (χ2n) is 7.62. The minimum Gasteiger partial charge on any atom is -0.481 e. The van der Waals surface area contributed by atoms with Gasteiger partial charge >= 0.3 is 12.1 Å². The van der Waals surface area contributed by atoms with Gasteiger partial charge in [-0.1, -0.05) is 6.42 Å². The average Bonchev–Trinajstić information content (AvgIpc) is 3.40. The van der Waals surface area contributed by atoms with Gasteiger partial charge in [0, 0.05) is 17.9 Å². The summed E-state index contributed by atoms with van der Waals surface area (Å²) < 4.78 is 52.5. The topological polar surface area (TPSA) is 66.4 Å². The summed E-state index contributed by atoms with van der Waals surface area (Å²) in [5.41, 5.74) is -1.48. The molecule has 1 aromatic rings. The Hall–Kier alpha value is -2.12. The first-order chi connectivity index (χ1) is 12.6. The Kier molecular flexibility index (Phi) is 5.18. The zero-order chi connectivity index (χ0) is 19.8. The van der Waals surface area contributed by atoms with E-state index in [0.717, 1.165) is 12.1 Å². The van der Waals surface area contributed by atoms with E-state index < -0.39 is 40.8 Å². The minimum atomic E-state index is -4.63. The van der Waals surface area contributed by atoms with Gasteiger partial charge in [-0.2, -0.15) is 13.2 Å². The van der Waals surface area contributed by atoms with Crippen LogP contribution in [0.3, 0.4) is 0 Å². The standard InChI is InChI=1S/C19H21F4NO3/c20-15-8-13(7-14(9-15)19(21,22)23)18(4-5-18)10-24-16(25)11-2-1-3-12(6-11)17(26)27/h7-9,11-12H,1-6,10H2,(H,24,25)(H,26,27). The van der Waals surface area contributed by atoms with Crippen molar-refractivity contribution in [1.82, 2.24) is 5.32 Å². The van der Waals surface area contributed by atoms with Gasteiger partial charge in [-0.25, -0.2) is 4.39 Å². The van der Waals surface area contributed by atoms with Gasteiger partial charge in [-0.05, 0) is 55.9 Å². The van der Waals surface area contributed by atoms with Crippen molar-refractivity contribution in [2.45, 2.75) is 50.1 Å². The second-order valence-corrected chi connectivity index (χ2v) is 7.62. The second kappa shape index (κ2) is 7.13. The maximum atomic E-state index is 13.7. The molecule has 0 aromatic heterocycles. The number of rotatable bonds is 5. The third-order valence-corrected chi connectivity index (χ3v) is 5.69. The fourth-order valence-electron chi connectivity index (χ4n) is 3.83. The van der Waals surface area contributed by atoms with Crippen LogP contribution in [0, 0.1) is 17.7 Å². The first kappa shape index (κ1) is 19.6. The summed E-state index contributed by atoms with van der Waals surface area (Å²) in [6.07, 6.45) is -1.43. The third-order valence-electron chi connectivity index (χ3n) is 5.69. The Bertz CT molecular complexity index is 743. The summed E-state index contributed by atoms with van der Waals surface area (Å²) in [4.78, 5) is 23.5. The van der Waals surface area contributed by atoms with Gasteiger partial charge in [0.2, 0.25) is 5.91 Å². The molecule has 2 unspecified atom stereocenters. The van der Waals surface area contributed by atoms with Gasteiger partial charge < -0.3 is 10.4 Å². The number of carbonyl (C=O) groups is 2. The van der Waals surface area contributed by atoms with Crippen LogP contribution >= 0.6 is 0 Å². The highest BCUT2D eigenvalue weighted by molar-refractivity contribution is 5.80. The van der Waals surface area contributed by atoms with Crippen molar-refractivity contribution in [3.8, 4) is 0 Å². The predicted molar refractivity (Wildman–Crippen MR) is 88.4 cm³/mol. The number of amides is 1. The average molecular weight is 387 g/mol. The molecule has 2 aliphatic rings. The SMILES string of the molecule is O=C(O)C1CCCC(C(=O)NCC2(c3cc(F)cc(C(F)(F)F)c3)CC2)C1. The van der Waals surface area contributed by atoms with E-state index in [1.807, 2.05) is 0 Å². The predicted octanol–water partition coefficient (Wildman–Crippen LogP) is 3.88. The van der Waals surface area contributed by atoms with E-state index in [2.05, 4.69) is 5.32 Å². The number of hydrogen-bond acceptors (Lipinski definition) is 2. The lowest BCUT2D eigenvalue weighted by molar-refractivity contribution is -0.144. The molecule has 0 aliphatic heterocycles. The number of carboxylic acids is 1. The Morgan fingerprint density at radius 1 is 1.15 bits per heavy atom. The van der Waals surface area contributed by atoms with E-state index in [9.17, 15) is 27.2 Å². The molecule has 27 heavy (non-hydrogen) atoms.